The van der Waals surface area contributed by atoms with Gasteiger partial charge in [0.2, 0.25) is 0 Å². The Morgan fingerprint density at radius 3 is 2.62 bits per heavy atom. The van der Waals surface area contributed by atoms with Gasteiger partial charge in [-0.25, -0.2) is 0 Å². The van der Waals surface area contributed by atoms with Crippen molar-refractivity contribution in [2.75, 3.05) is 51.8 Å². The van der Waals surface area contributed by atoms with Gasteiger partial charge in [-0.2, -0.15) is 0 Å². The first kappa shape index (κ1) is 19.2. The molecule has 0 saturated carbocycles. The number of amides is 1. The summed E-state index contributed by atoms with van der Waals surface area (Å²) < 4.78 is 0. The number of aliphatic hydroxyl groups excluding tert-OH is 1. The minimum Gasteiger partial charge on any atom is -0.396 e. The molecular weight excluding hydrogens is 326 g/mol. The Morgan fingerprint density at radius 2 is 1.92 bits per heavy atom. The lowest BCUT2D eigenvalue weighted by Gasteiger charge is -2.42. The number of piperidine rings is 1. The summed E-state index contributed by atoms with van der Waals surface area (Å²) in [6, 6.07) is 8.57. The van der Waals surface area contributed by atoms with E-state index in [4.69, 9.17) is 0 Å². The molecule has 0 aliphatic carbocycles. The molecule has 3 rings (SSSR count). The lowest BCUT2D eigenvalue weighted by molar-refractivity contribution is 0.0496. The van der Waals surface area contributed by atoms with Crippen LogP contribution in [0.5, 0.6) is 0 Å². The van der Waals surface area contributed by atoms with Gasteiger partial charge in [-0.3, -0.25) is 4.79 Å². The van der Waals surface area contributed by atoms with E-state index < -0.39 is 0 Å². The summed E-state index contributed by atoms with van der Waals surface area (Å²) in [5.41, 5.74) is 1.94. The van der Waals surface area contributed by atoms with Crippen LogP contribution in [0.15, 0.2) is 24.3 Å². The second-order valence-electron chi connectivity index (χ2n) is 7.91. The van der Waals surface area contributed by atoms with Crippen LogP contribution in [0.3, 0.4) is 0 Å². The average Bonchev–Trinajstić information content (AvgIpc) is 3.20. The average molecular weight is 360 g/mol. The number of nitrogens with zero attached hydrogens (tertiary/aromatic N) is 3. The van der Waals surface area contributed by atoms with E-state index >= 15 is 0 Å². The van der Waals surface area contributed by atoms with E-state index in [0.29, 0.717) is 12.0 Å². The normalized spacial score (nSPS) is 23.7. The summed E-state index contributed by atoms with van der Waals surface area (Å²) in [5, 5.41) is 9.23. The van der Waals surface area contributed by atoms with Crippen LogP contribution >= 0.6 is 0 Å². The largest absolute Gasteiger partial charge is 0.396 e. The van der Waals surface area contributed by atoms with Crippen molar-refractivity contribution in [2.24, 2.45) is 5.92 Å². The molecule has 1 N–H and O–H groups in total. The maximum absolute atomic E-state index is 13.3. The van der Waals surface area contributed by atoms with Gasteiger partial charge < -0.3 is 19.8 Å². The number of carbonyl (C=O) groups excluding carboxylic acids is 1. The first-order chi connectivity index (χ1) is 12.6. The Balaban J connectivity index is 1.75. The van der Waals surface area contributed by atoms with Crippen LogP contribution in [0.2, 0.25) is 0 Å². The number of benzene rings is 1. The van der Waals surface area contributed by atoms with E-state index in [0.717, 1.165) is 56.7 Å². The van der Waals surface area contributed by atoms with Crippen LogP contribution in [-0.2, 0) is 0 Å². The number of hydrogen-bond donors (Lipinski definition) is 1. The van der Waals surface area contributed by atoms with Crippen LogP contribution in [0.1, 0.15) is 42.5 Å². The molecule has 5 heteroatoms. The molecule has 0 radical (unpaired) electrons. The molecule has 2 aliphatic rings. The highest BCUT2D eigenvalue weighted by atomic mass is 16.3. The zero-order valence-corrected chi connectivity index (χ0v) is 16.2. The minimum atomic E-state index is 0.165. The predicted molar refractivity (Wildman–Crippen MR) is 106 cm³/mol. The third-order valence-electron chi connectivity index (χ3n) is 5.96. The first-order valence-corrected chi connectivity index (χ1v) is 10.0. The van der Waals surface area contributed by atoms with Gasteiger partial charge in [0.05, 0.1) is 5.56 Å². The molecule has 26 heavy (non-hydrogen) atoms. The van der Waals surface area contributed by atoms with E-state index in [1.54, 1.807) is 0 Å². The van der Waals surface area contributed by atoms with Gasteiger partial charge in [0.25, 0.3) is 5.91 Å². The highest BCUT2D eigenvalue weighted by molar-refractivity contribution is 6.00. The molecule has 0 bridgehead atoms. The van der Waals surface area contributed by atoms with Crippen LogP contribution in [-0.4, -0.2) is 73.7 Å². The van der Waals surface area contributed by atoms with Crippen molar-refractivity contribution in [3.8, 4) is 0 Å². The standard InChI is InChI=1S/C21H33N3O2/c1-22(2)19-11-14-24(16-17(19)8-7-15-25)21(26)18-9-3-4-10-20(18)23-12-5-6-13-23/h3-4,9-10,17,19,25H,5-8,11-16H2,1-2H3/t17-,19+/m1/s1. The monoisotopic (exact) mass is 359 g/mol. The predicted octanol–water partition coefficient (Wildman–Crippen LogP) is 2.45. The van der Waals surface area contributed by atoms with Gasteiger partial charge in [0.15, 0.2) is 0 Å². The third-order valence-corrected chi connectivity index (χ3v) is 5.96. The Labute approximate surface area is 157 Å². The maximum atomic E-state index is 13.3. The maximum Gasteiger partial charge on any atom is 0.255 e. The summed E-state index contributed by atoms with van der Waals surface area (Å²) >= 11 is 0. The first-order valence-electron chi connectivity index (χ1n) is 10.0. The minimum absolute atomic E-state index is 0.165. The number of rotatable bonds is 6. The topological polar surface area (TPSA) is 47.0 Å². The SMILES string of the molecule is CN(C)[C@H]1CCN(C(=O)c2ccccc2N2CCCC2)C[C@H]1CCCO. The quantitative estimate of drug-likeness (QED) is 0.848. The highest BCUT2D eigenvalue weighted by Gasteiger charge is 2.33. The van der Waals surface area contributed by atoms with Gasteiger partial charge in [-0.1, -0.05) is 12.1 Å². The molecule has 2 saturated heterocycles. The van der Waals surface area contributed by atoms with E-state index in [2.05, 4.69) is 30.0 Å². The van der Waals surface area contributed by atoms with Crippen molar-refractivity contribution >= 4 is 11.6 Å². The molecule has 1 amide bonds. The number of carbonyl (C=O) groups is 1. The molecule has 5 nitrogen and oxygen atoms in total. The Kier molecular flexibility index (Phi) is 6.54. The molecule has 0 aromatic heterocycles. The number of likely N-dealkylation sites (tertiary alicyclic amines) is 1. The Bertz CT molecular complexity index is 599. The van der Waals surface area contributed by atoms with E-state index in [9.17, 15) is 9.90 Å². The van der Waals surface area contributed by atoms with Crippen LogP contribution in [0.25, 0.3) is 0 Å². The Morgan fingerprint density at radius 1 is 1.19 bits per heavy atom. The fourth-order valence-corrected chi connectivity index (χ4v) is 4.58. The summed E-state index contributed by atoms with van der Waals surface area (Å²) in [4.78, 5) is 20.0. The van der Waals surface area contributed by atoms with E-state index in [1.807, 2.05) is 23.1 Å². The molecule has 2 atom stereocenters. The number of aliphatic hydroxyl groups is 1. The van der Waals surface area contributed by atoms with Crippen LogP contribution in [0, 0.1) is 5.92 Å². The third kappa shape index (κ3) is 4.21. The van der Waals surface area contributed by atoms with Crippen molar-refractivity contribution in [1.29, 1.82) is 0 Å². The molecule has 1 aromatic rings. The van der Waals surface area contributed by atoms with Gasteiger partial charge in [0, 0.05) is 44.5 Å². The zero-order chi connectivity index (χ0) is 18.5. The van der Waals surface area contributed by atoms with Crippen molar-refractivity contribution in [3.63, 3.8) is 0 Å². The lowest BCUT2D eigenvalue weighted by Crippen LogP contribution is -2.50. The number of para-hydroxylation sites is 1. The second kappa shape index (κ2) is 8.87. The van der Waals surface area contributed by atoms with Crippen LogP contribution in [0.4, 0.5) is 5.69 Å². The van der Waals surface area contributed by atoms with Gasteiger partial charge in [-0.05, 0) is 64.3 Å². The fraction of sp³-hybridized carbons (Fsp3) is 0.667. The van der Waals surface area contributed by atoms with E-state index in [1.165, 1.54) is 12.8 Å². The summed E-state index contributed by atoms with van der Waals surface area (Å²) in [5.74, 6) is 0.590. The van der Waals surface area contributed by atoms with Gasteiger partial charge >= 0.3 is 0 Å². The molecule has 0 spiro atoms. The van der Waals surface area contributed by atoms with Crippen molar-refractivity contribution in [2.45, 2.75) is 38.1 Å². The van der Waals surface area contributed by atoms with Crippen molar-refractivity contribution in [1.82, 2.24) is 9.80 Å². The molecule has 2 heterocycles. The van der Waals surface area contributed by atoms with Gasteiger partial charge in [-0.15, -0.1) is 0 Å². The highest BCUT2D eigenvalue weighted by Crippen LogP contribution is 2.29. The number of hydrogen-bond acceptors (Lipinski definition) is 4. The Hall–Kier alpha value is -1.59. The molecular formula is C21H33N3O2. The molecule has 2 aliphatic heterocycles. The summed E-state index contributed by atoms with van der Waals surface area (Å²) in [6.45, 7) is 3.92. The van der Waals surface area contributed by atoms with Gasteiger partial charge in [0.1, 0.15) is 0 Å². The molecule has 144 valence electrons. The van der Waals surface area contributed by atoms with Crippen LogP contribution < -0.4 is 4.90 Å². The number of anilines is 1. The zero-order valence-electron chi connectivity index (χ0n) is 16.2. The lowest BCUT2D eigenvalue weighted by atomic mass is 9.87. The van der Waals surface area contributed by atoms with Crippen molar-refractivity contribution < 1.29 is 9.90 Å². The second-order valence-corrected chi connectivity index (χ2v) is 7.91. The van der Waals surface area contributed by atoms with Crippen molar-refractivity contribution in [3.05, 3.63) is 29.8 Å². The summed E-state index contributed by atoms with van der Waals surface area (Å²) in [6.07, 6.45) is 5.19. The summed E-state index contributed by atoms with van der Waals surface area (Å²) in [7, 11) is 4.24. The van der Waals surface area contributed by atoms with E-state index in [-0.39, 0.29) is 12.5 Å². The smallest absolute Gasteiger partial charge is 0.255 e. The fourth-order valence-electron chi connectivity index (χ4n) is 4.58. The molecule has 1 aromatic carbocycles. The molecule has 2 fully saturated rings. The molecule has 0 unspecified atom stereocenters.